The van der Waals surface area contributed by atoms with Crippen LogP contribution in [0, 0.1) is 0 Å². The van der Waals surface area contributed by atoms with Crippen molar-refractivity contribution in [1.29, 1.82) is 0 Å². The van der Waals surface area contributed by atoms with Crippen LogP contribution >= 0.6 is 0 Å². The van der Waals surface area contributed by atoms with Crippen LogP contribution in [-0.2, 0) is 22.3 Å². The Kier molecular flexibility index (Phi) is 8.40. The molecule has 0 amide bonds. The van der Waals surface area contributed by atoms with E-state index in [1.807, 2.05) is 0 Å². The molecule has 4 rings (SSSR count). The molecular formula is C28H38O2. The third kappa shape index (κ3) is 7.89. The van der Waals surface area contributed by atoms with Gasteiger partial charge in [-0.3, -0.25) is 0 Å². The summed E-state index contributed by atoms with van der Waals surface area (Å²) in [6, 6.07) is 18.4. The third-order valence-corrected chi connectivity index (χ3v) is 6.53. The van der Waals surface area contributed by atoms with Crippen LogP contribution in [0.4, 0.5) is 0 Å². The molecule has 30 heavy (non-hydrogen) atoms. The predicted molar refractivity (Wildman–Crippen MR) is 125 cm³/mol. The van der Waals surface area contributed by atoms with Crippen molar-refractivity contribution < 1.29 is 9.47 Å². The minimum atomic E-state index is 0.601. The van der Waals surface area contributed by atoms with Gasteiger partial charge in [-0.15, -0.1) is 0 Å². The first-order chi connectivity index (χ1) is 14.9. The van der Waals surface area contributed by atoms with E-state index < -0.39 is 0 Å². The molecule has 2 atom stereocenters. The van der Waals surface area contributed by atoms with E-state index in [4.69, 9.17) is 9.47 Å². The SMILES string of the molecule is c1cc(-c2ccc(CCCCCCC3CO3)cc2)ccc1CCCCCCC1CO1. The second-order valence-corrected chi connectivity index (χ2v) is 9.21. The van der Waals surface area contributed by atoms with Crippen molar-refractivity contribution in [2.45, 2.75) is 89.3 Å². The monoisotopic (exact) mass is 406 g/mol. The standard InChI is InChI=1S/C28H38O2/c1(3-7-11-27-21-29-27)5-9-23-13-17-25(18-14-23)26-19-15-24(16-20-26)10-6-2-4-8-12-28-22-30-28/h13-20,27-28H,1-12,21-22H2. The lowest BCUT2D eigenvalue weighted by atomic mass is 9.98. The first kappa shape index (κ1) is 21.6. The molecule has 2 aromatic rings. The van der Waals surface area contributed by atoms with Crippen LogP contribution in [0.5, 0.6) is 0 Å². The largest absolute Gasteiger partial charge is 0.373 e. The lowest BCUT2D eigenvalue weighted by molar-refractivity contribution is 0.388. The molecule has 2 aliphatic heterocycles. The van der Waals surface area contributed by atoms with Crippen LogP contribution in [0.1, 0.15) is 75.3 Å². The Morgan fingerprint density at radius 3 is 1.23 bits per heavy atom. The van der Waals surface area contributed by atoms with Gasteiger partial charge in [0, 0.05) is 0 Å². The summed E-state index contributed by atoms with van der Waals surface area (Å²) in [5.41, 5.74) is 5.59. The quantitative estimate of drug-likeness (QED) is 0.232. The molecule has 2 aromatic carbocycles. The fourth-order valence-electron chi connectivity index (χ4n) is 4.31. The summed E-state index contributed by atoms with van der Waals surface area (Å²) in [6.45, 7) is 2.01. The minimum absolute atomic E-state index is 0.601. The van der Waals surface area contributed by atoms with Gasteiger partial charge in [0.15, 0.2) is 0 Å². The number of benzene rings is 2. The summed E-state index contributed by atoms with van der Waals surface area (Å²) in [4.78, 5) is 0. The molecule has 2 aliphatic rings. The molecule has 2 unspecified atom stereocenters. The van der Waals surface area contributed by atoms with Crippen LogP contribution in [0.2, 0.25) is 0 Å². The molecule has 2 fully saturated rings. The molecule has 0 N–H and O–H groups in total. The summed E-state index contributed by atoms with van der Waals surface area (Å²) < 4.78 is 10.5. The third-order valence-electron chi connectivity index (χ3n) is 6.53. The van der Waals surface area contributed by atoms with Gasteiger partial charge < -0.3 is 9.47 Å². The number of unbranched alkanes of at least 4 members (excludes halogenated alkanes) is 6. The lowest BCUT2D eigenvalue weighted by Gasteiger charge is -2.07. The van der Waals surface area contributed by atoms with Gasteiger partial charge in [0.2, 0.25) is 0 Å². The van der Waals surface area contributed by atoms with E-state index >= 15 is 0 Å². The number of hydrogen-bond acceptors (Lipinski definition) is 2. The predicted octanol–water partition coefficient (Wildman–Crippen LogP) is 7.14. The summed E-state index contributed by atoms with van der Waals surface area (Å²) in [5, 5.41) is 0. The first-order valence-corrected chi connectivity index (χ1v) is 12.3. The molecule has 2 heterocycles. The molecule has 0 aromatic heterocycles. The maximum Gasteiger partial charge on any atom is 0.0810 e. The second kappa shape index (κ2) is 11.7. The number of aryl methyl sites for hydroxylation is 2. The van der Waals surface area contributed by atoms with Crippen LogP contribution in [0.15, 0.2) is 48.5 Å². The molecule has 2 saturated heterocycles. The fourth-order valence-corrected chi connectivity index (χ4v) is 4.31. The van der Waals surface area contributed by atoms with Crippen molar-refractivity contribution in [3.63, 3.8) is 0 Å². The van der Waals surface area contributed by atoms with Gasteiger partial charge in [-0.25, -0.2) is 0 Å². The average molecular weight is 407 g/mol. The Balaban J connectivity index is 1.11. The van der Waals surface area contributed by atoms with Crippen molar-refractivity contribution in [3.05, 3.63) is 59.7 Å². The number of ether oxygens (including phenoxy) is 2. The van der Waals surface area contributed by atoms with Crippen LogP contribution in [-0.4, -0.2) is 25.4 Å². The summed E-state index contributed by atoms with van der Waals surface area (Å²) in [6.07, 6.45) is 16.8. The average Bonchev–Trinajstić information content (AvgIpc) is 3.69. The zero-order chi connectivity index (χ0) is 20.4. The maximum atomic E-state index is 5.27. The van der Waals surface area contributed by atoms with Crippen molar-refractivity contribution in [2.75, 3.05) is 13.2 Å². The van der Waals surface area contributed by atoms with Gasteiger partial charge in [0.05, 0.1) is 25.4 Å². The van der Waals surface area contributed by atoms with Crippen molar-refractivity contribution in [3.8, 4) is 11.1 Å². The molecule has 0 saturated carbocycles. The summed E-state index contributed by atoms with van der Waals surface area (Å²) >= 11 is 0. The highest BCUT2D eigenvalue weighted by Crippen LogP contribution is 2.23. The second-order valence-electron chi connectivity index (χ2n) is 9.21. The molecule has 2 nitrogen and oxygen atoms in total. The van der Waals surface area contributed by atoms with Crippen LogP contribution in [0.3, 0.4) is 0 Å². The number of epoxide rings is 2. The highest BCUT2D eigenvalue weighted by molar-refractivity contribution is 5.63. The van der Waals surface area contributed by atoms with E-state index in [0.717, 1.165) is 13.2 Å². The van der Waals surface area contributed by atoms with Gasteiger partial charge in [0.1, 0.15) is 0 Å². The van der Waals surface area contributed by atoms with Gasteiger partial charge in [-0.05, 0) is 60.8 Å². The minimum Gasteiger partial charge on any atom is -0.373 e. The van der Waals surface area contributed by atoms with Crippen LogP contribution < -0.4 is 0 Å². The molecule has 0 spiro atoms. The molecule has 162 valence electrons. The van der Waals surface area contributed by atoms with Crippen molar-refractivity contribution in [2.24, 2.45) is 0 Å². The zero-order valence-corrected chi connectivity index (χ0v) is 18.5. The Hall–Kier alpha value is -1.64. The topological polar surface area (TPSA) is 25.1 Å². The molecule has 0 bridgehead atoms. The Labute approximate surface area is 183 Å². The van der Waals surface area contributed by atoms with Gasteiger partial charge >= 0.3 is 0 Å². The Bertz CT molecular complexity index is 661. The van der Waals surface area contributed by atoms with E-state index in [0.29, 0.717) is 12.2 Å². The van der Waals surface area contributed by atoms with E-state index in [9.17, 15) is 0 Å². The number of rotatable bonds is 15. The van der Waals surface area contributed by atoms with Gasteiger partial charge in [-0.1, -0.05) is 87.1 Å². The normalized spacial score (nSPS) is 19.7. The van der Waals surface area contributed by atoms with E-state index in [1.54, 1.807) is 0 Å². The number of hydrogen-bond donors (Lipinski definition) is 0. The first-order valence-electron chi connectivity index (χ1n) is 12.3. The molecular weight excluding hydrogens is 368 g/mol. The van der Waals surface area contributed by atoms with E-state index in [2.05, 4.69) is 48.5 Å². The van der Waals surface area contributed by atoms with Crippen LogP contribution in [0.25, 0.3) is 11.1 Å². The van der Waals surface area contributed by atoms with Gasteiger partial charge in [0.25, 0.3) is 0 Å². The zero-order valence-electron chi connectivity index (χ0n) is 18.5. The molecule has 0 aliphatic carbocycles. The fraction of sp³-hybridized carbons (Fsp3) is 0.571. The molecule has 2 heteroatoms. The van der Waals surface area contributed by atoms with Crippen molar-refractivity contribution in [1.82, 2.24) is 0 Å². The highest BCUT2D eigenvalue weighted by Gasteiger charge is 2.21. The Morgan fingerprint density at radius 2 is 0.867 bits per heavy atom. The lowest BCUT2D eigenvalue weighted by Crippen LogP contribution is -1.90. The van der Waals surface area contributed by atoms with Crippen molar-refractivity contribution >= 4 is 0 Å². The highest BCUT2D eigenvalue weighted by atomic mass is 16.6. The molecule has 0 radical (unpaired) electrons. The maximum absolute atomic E-state index is 5.27. The summed E-state index contributed by atoms with van der Waals surface area (Å²) in [5.74, 6) is 0. The van der Waals surface area contributed by atoms with E-state index in [-0.39, 0.29) is 0 Å². The summed E-state index contributed by atoms with van der Waals surface area (Å²) in [7, 11) is 0. The Morgan fingerprint density at radius 1 is 0.500 bits per heavy atom. The smallest absolute Gasteiger partial charge is 0.0810 e. The van der Waals surface area contributed by atoms with Gasteiger partial charge in [-0.2, -0.15) is 0 Å². The van der Waals surface area contributed by atoms with E-state index in [1.165, 1.54) is 99.3 Å².